The first kappa shape index (κ1) is 14.5. The highest BCUT2D eigenvalue weighted by Crippen LogP contribution is 2.18. The third-order valence-corrected chi connectivity index (χ3v) is 5.45. The van der Waals surface area contributed by atoms with Gasteiger partial charge in [-0.25, -0.2) is 12.7 Å². The molecule has 1 aliphatic heterocycles. The van der Waals surface area contributed by atoms with Gasteiger partial charge in [-0.3, -0.25) is 4.79 Å². The van der Waals surface area contributed by atoms with Crippen LogP contribution < -0.4 is 0 Å². The van der Waals surface area contributed by atoms with Gasteiger partial charge in [0, 0.05) is 31.1 Å². The summed E-state index contributed by atoms with van der Waals surface area (Å²) >= 11 is 1.48. The molecule has 0 spiro atoms. The van der Waals surface area contributed by atoms with Gasteiger partial charge in [0.2, 0.25) is 10.0 Å². The molecule has 2 rings (SSSR count). The molecule has 19 heavy (non-hydrogen) atoms. The fraction of sp³-hybridized carbons (Fsp3) is 0.583. The number of thiophene rings is 1. The number of hydrogen-bond donors (Lipinski definition) is 0. The van der Waals surface area contributed by atoms with Crippen LogP contribution in [0.15, 0.2) is 12.1 Å². The van der Waals surface area contributed by atoms with E-state index in [0.717, 1.165) is 9.75 Å². The Morgan fingerprint density at radius 3 is 2.53 bits per heavy atom. The lowest BCUT2D eigenvalue weighted by atomic mass is 10.3. The second-order valence-electron chi connectivity index (χ2n) is 4.72. The second kappa shape index (κ2) is 5.60. The van der Waals surface area contributed by atoms with E-state index in [9.17, 15) is 13.2 Å². The largest absolute Gasteiger partial charge is 0.337 e. The van der Waals surface area contributed by atoms with Crippen molar-refractivity contribution in [2.24, 2.45) is 0 Å². The highest BCUT2D eigenvalue weighted by molar-refractivity contribution is 7.88. The quantitative estimate of drug-likeness (QED) is 0.824. The van der Waals surface area contributed by atoms with Crippen molar-refractivity contribution in [2.75, 3.05) is 32.4 Å². The van der Waals surface area contributed by atoms with Crippen molar-refractivity contribution in [3.63, 3.8) is 0 Å². The van der Waals surface area contributed by atoms with Crippen LogP contribution in [0.3, 0.4) is 0 Å². The van der Waals surface area contributed by atoms with Crippen molar-refractivity contribution in [2.45, 2.75) is 13.3 Å². The Kier molecular flexibility index (Phi) is 4.27. The zero-order chi connectivity index (χ0) is 14.0. The SMILES string of the molecule is Cc1ccc(C(=O)N2CCCN(S(C)(=O)=O)CC2)s1. The smallest absolute Gasteiger partial charge is 0.263 e. The van der Waals surface area contributed by atoms with Gasteiger partial charge in [0.15, 0.2) is 0 Å². The standard InChI is InChI=1S/C12H18N2O3S2/c1-10-4-5-11(18-10)12(15)13-6-3-7-14(9-8-13)19(2,16)17/h4-5H,3,6-9H2,1-2H3. The van der Waals surface area contributed by atoms with Crippen molar-refractivity contribution >= 4 is 27.3 Å². The topological polar surface area (TPSA) is 57.7 Å². The second-order valence-corrected chi connectivity index (χ2v) is 7.99. The molecule has 7 heteroatoms. The monoisotopic (exact) mass is 302 g/mol. The van der Waals surface area contributed by atoms with E-state index < -0.39 is 10.0 Å². The highest BCUT2D eigenvalue weighted by atomic mass is 32.2. The summed E-state index contributed by atoms with van der Waals surface area (Å²) in [5, 5.41) is 0. The van der Waals surface area contributed by atoms with Crippen molar-refractivity contribution < 1.29 is 13.2 Å². The predicted molar refractivity (Wildman–Crippen MR) is 76.0 cm³/mol. The van der Waals surface area contributed by atoms with E-state index in [1.165, 1.54) is 21.9 Å². The summed E-state index contributed by atoms with van der Waals surface area (Å²) in [6.45, 7) is 3.92. The summed E-state index contributed by atoms with van der Waals surface area (Å²) in [5.41, 5.74) is 0. The lowest BCUT2D eigenvalue weighted by Gasteiger charge is -2.20. The molecule has 1 aromatic rings. The van der Waals surface area contributed by atoms with E-state index in [0.29, 0.717) is 32.6 Å². The summed E-state index contributed by atoms with van der Waals surface area (Å²) < 4.78 is 24.5. The van der Waals surface area contributed by atoms with Crippen LogP contribution >= 0.6 is 11.3 Å². The number of hydrogen-bond acceptors (Lipinski definition) is 4. The van der Waals surface area contributed by atoms with Crippen LogP contribution in [-0.2, 0) is 10.0 Å². The van der Waals surface area contributed by atoms with Crippen LogP contribution in [0.2, 0.25) is 0 Å². The molecule has 2 heterocycles. The number of amides is 1. The molecule has 1 saturated heterocycles. The van der Waals surface area contributed by atoms with Crippen LogP contribution in [-0.4, -0.2) is 56.0 Å². The van der Waals surface area contributed by atoms with Crippen LogP contribution in [0.25, 0.3) is 0 Å². The van der Waals surface area contributed by atoms with Crippen molar-refractivity contribution in [3.8, 4) is 0 Å². The fourth-order valence-corrected chi connectivity index (χ4v) is 3.84. The average Bonchev–Trinajstić information content (AvgIpc) is 2.62. The summed E-state index contributed by atoms with van der Waals surface area (Å²) in [7, 11) is -3.16. The Balaban J connectivity index is 2.05. The van der Waals surface area contributed by atoms with Gasteiger partial charge in [-0.05, 0) is 25.5 Å². The molecule has 106 valence electrons. The first-order chi connectivity index (χ1) is 8.88. The van der Waals surface area contributed by atoms with Crippen molar-refractivity contribution in [1.82, 2.24) is 9.21 Å². The van der Waals surface area contributed by atoms with Gasteiger partial charge in [0.25, 0.3) is 5.91 Å². The molecule has 0 aliphatic carbocycles. The minimum absolute atomic E-state index is 0.00783. The number of carbonyl (C=O) groups is 1. The van der Waals surface area contributed by atoms with E-state index in [1.807, 2.05) is 19.1 Å². The molecular formula is C12H18N2O3S2. The molecular weight excluding hydrogens is 284 g/mol. The molecule has 0 bridgehead atoms. The molecule has 0 aromatic carbocycles. The van der Waals surface area contributed by atoms with E-state index >= 15 is 0 Å². The average molecular weight is 302 g/mol. The van der Waals surface area contributed by atoms with Gasteiger partial charge in [-0.2, -0.15) is 0 Å². The minimum atomic E-state index is -3.16. The van der Waals surface area contributed by atoms with Crippen LogP contribution in [0.4, 0.5) is 0 Å². The van der Waals surface area contributed by atoms with Crippen LogP contribution in [0.5, 0.6) is 0 Å². The van der Waals surface area contributed by atoms with E-state index in [4.69, 9.17) is 0 Å². The molecule has 1 aromatic heterocycles. The predicted octanol–water partition coefficient (Wildman–Crippen LogP) is 1.16. The van der Waals surface area contributed by atoms with E-state index in [2.05, 4.69) is 0 Å². The number of nitrogens with zero attached hydrogens (tertiary/aromatic N) is 2. The minimum Gasteiger partial charge on any atom is -0.337 e. The third kappa shape index (κ3) is 3.55. The Morgan fingerprint density at radius 2 is 1.95 bits per heavy atom. The van der Waals surface area contributed by atoms with Crippen molar-refractivity contribution in [1.29, 1.82) is 0 Å². The van der Waals surface area contributed by atoms with Gasteiger partial charge >= 0.3 is 0 Å². The maximum Gasteiger partial charge on any atom is 0.263 e. The molecule has 0 saturated carbocycles. The number of carbonyl (C=O) groups excluding carboxylic acids is 1. The Labute approximate surface area is 117 Å². The summed E-state index contributed by atoms with van der Waals surface area (Å²) in [6.07, 6.45) is 1.90. The molecule has 1 fully saturated rings. The number of aryl methyl sites for hydroxylation is 1. The molecule has 5 nitrogen and oxygen atoms in total. The lowest BCUT2D eigenvalue weighted by molar-refractivity contribution is 0.0769. The van der Waals surface area contributed by atoms with Gasteiger partial charge < -0.3 is 4.90 Å². The molecule has 0 N–H and O–H groups in total. The van der Waals surface area contributed by atoms with Crippen LogP contribution in [0.1, 0.15) is 21.0 Å². The fourth-order valence-electron chi connectivity index (χ4n) is 2.13. The summed E-state index contributed by atoms with van der Waals surface area (Å²) in [6, 6.07) is 3.76. The van der Waals surface area contributed by atoms with Gasteiger partial charge in [0.1, 0.15) is 0 Å². The maximum atomic E-state index is 12.3. The third-order valence-electron chi connectivity index (χ3n) is 3.16. The van der Waals surface area contributed by atoms with Gasteiger partial charge in [-0.1, -0.05) is 0 Å². The number of rotatable bonds is 2. The maximum absolute atomic E-state index is 12.3. The molecule has 0 radical (unpaired) electrons. The van der Waals surface area contributed by atoms with E-state index in [-0.39, 0.29) is 5.91 Å². The van der Waals surface area contributed by atoms with Crippen molar-refractivity contribution in [3.05, 3.63) is 21.9 Å². The zero-order valence-corrected chi connectivity index (χ0v) is 12.8. The van der Waals surface area contributed by atoms with E-state index in [1.54, 1.807) is 4.90 Å². The zero-order valence-electron chi connectivity index (χ0n) is 11.1. The number of sulfonamides is 1. The summed E-state index contributed by atoms with van der Waals surface area (Å²) in [4.78, 5) is 15.9. The lowest BCUT2D eigenvalue weighted by Crippen LogP contribution is -2.36. The van der Waals surface area contributed by atoms with Gasteiger partial charge in [0.05, 0.1) is 11.1 Å². The van der Waals surface area contributed by atoms with Crippen LogP contribution in [0, 0.1) is 6.92 Å². The Bertz CT molecular complexity index is 565. The first-order valence-corrected chi connectivity index (χ1v) is 8.85. The Morgan fingerprint density at radius 1 is 1.21 bits per heavy atom. The van der Waals surface area contributed by atoms with Gasteiger partial charge in [-0.15, -0.1) is 11.3 Å². The summed E-state index contributed by atoms with van der Waals surface area (Å²) in [5.74, 6) is 0.00783. The normalized spacial score (nSPS) is 18.3. The molecule has 1 amide bonds. The Hall–Kier alpha value is -0.920. The molecule has 0 atom stereocenters. The first-order valence-electron chi connectivity index (χ1n) is 6.19. The molecule has 1 aliphatic rings. The molecule has 0 unspecified atom stereocenters. The highest BCUT2D eigenvalue weighted by Gasteiger charge is 2.24.